The molecular formula is CH10CaO7SSi. The summed E-state index contributed by atoms with van der Waals surface area (Å²) in [5.41, 5.74) is 0. The van der Waals surface area contributed by atoms with E-state index in [1.807, 2.05) is 0 Å². The zero-order chi connectivity index (χ0) is 8.08. The Morgan fingerprint density at radius 2 is 1.18 bits per heavy atom. The molecule has 4 N–H and O–H groups in total. The van der Waals surface area contributed by atoms with Crippen LogP contribution in [0.2, 0.25) is 0 Å². The van der Waals surface area contributed by atoms with Crippen LogP contribution in [0.1, 0.15) is 2.85 Å². The van der Waals surface area contributed by atoms with E-state index < -0.39 is 16.6 Å². The van der Waals surface area contributed by atoms with Crippen molar-refractivity contribution in [2.45, 2.75) is 0 Å². The van der Waals surface area contributed by atoms with Crippen molar-refractivity contribution in [3.63, 3.8) is 0 Å². The summed E-state index contributed by atoms with van der Waals surface area (Å²) in [6.45, 7) is 0. The molecule has 0 spiro atoms. The summed E-state index contributed by atoms with van der Waals surface area (Å²) in [5, 5.41) is 13.9. The van der Waals surface area contributed by atoms with Crippen LogP contribution in [0.15, 0.2) is 0 Å². The Labute approximate surface area is 100.0 Å². The van der Waals surface area contributed by atoms with Crippen LogP contribution in [0.5, 0.6) is 0 Å². The van der Waals surface area contributed by atoms with Crippen LogP contribution >= 0.6 is 0 Å². The van der Waals surface area contributed by atoms with E-state index in [2.05, 4.69) is 0 Å². The molecular weight excluding hydrogens is 224 g/mol. The molecule has 68 valence electrons. The van der Waals surface area contributed by atoms with Gasteiger partial charge in [0.2, 0.25) is 0 Å². The van der Waals surface area contributed by atoms with Gasteiger partial charge in [-0.1, -0.05) is 0 Å². The first-order valence-corrected chi connectivity index (χ1v) is 2.75. The number of rotatable bonds is 0. The summed E-state index contributed by atoms with van der Waals surface area (Å²) in [7, 11) is -4.67. The molecule has 0 aromatic carbocycles. The van der Waals surface area contributed by atoms with Crippen LogP contribution in [-0.2, 0) is 10.4 Å². The molecule has 0 aliphatic rings. The predicted molar refractivity (Wildman–Crippen MR) is 44.1 cm³/mol. The second-order valence-electron chi connectivity index (χ2n) is 0.730. The van der Waals surface area contributed by atoms with Gasteiger partial charge in [-0.3, -0.25) is 9.11 Å². The fraction of sp³-hybridized carbons (Fsp3) is 0. The Kier molecular flexibility index (Phi) is 21.8. The number of carbonyl (C=O) groups is 1. The van der Waals surface area contributed by atoms with Gasteiger partial charge < -0.3 is 13.1 Å². The Bertz CT molecular complexity index is 169. The summed E-state index contributed by atoms with van der Waals surface area (Å²) in [6.07, 6.45) is -1.83. The Morgan fingerprint density at radius 3 is 1.18 bits per heavy atom. The molecule has 0 amide bonds. The minimum absolute atomic E-state index is 0. The molecule has 0 heterocycles. The predicted octanol–water partition coefficient (Wildman–Crippen LogP) is -2.04. The average molecular weight is 234 g/mol. The summed E-state index contributed by atoms with van der Waals surface area (Å²) in [5.74, 6) is 0. The van der Waals surface area contributed by atoms with Crippen molar-refractivity contribution in [2.75, 3.05) is 0 Å². The van der Waals surface area contributed by atoms with Gasteiger partial charge in [0.15, 0.2) is 0 Å². The van der Waals surface area contributed by atoms with Gasteiger partial charge in [-0.15, -0.1) is 0 Å². The standard InChI is InChI=1S/CH2O3.Ca.H2O4S.H4Si.2H/c2-1(3)4;;1-5(2,3)4;;;/h(H2,2,3,4);;(H2,1,2,3,4);1H4;;/q;+2;;;2*-1. The number of hydrogen-bond acceptors (Lipinski definition) is 3. The summed E-state index contributed by atoms with van der Waals surface area (Å²) < 4.78 is 31.6. The van der Waals surface area contributed by atoms with Crippen molar-refractivity contribution in [3.8, 4) is 0 Å². The Balaban J connectivity index is -0.0000000146. The molecule has 0 saturated carbocycles. The molecule has 10 heteroatoms. The van der Waals surface area contributed by atoms with Crippen LogP contribution in [-0.4, -0.2) is 82.6 Å². The van der Waals surface area contributed by atoms with E-state index in [-0.39, 0.29) is 51.6 Å². The van der Waals surface area contributed by atoms with Gasteiger partial charge >= 0.3 is 54.3 Å². The first-order valence-electron chi connectivity index (χ1n) is 1.35. The molecule has 11 heavy (non-hydrogen) atoms. The molecule has 0 atom stereocenters. The molecule has 0 aromatic rings. The van der Waals surface area contributed by atoms with Crippen molar-refractivity contribution in [1.82, 2.24) is 0 Å². The summed E-state index contributed by atoms with van der Waals surface area (Å²) in [6, 6.07) is 0. The van der Waals surface area contributed by atoms with Crippen LogP contribution in [0, 0.1) is 0 Å². The third kappa shape index (κ3) is 2070. The monoisotopic (exact) mass is 234 g/mol. The minimum atomic E-state index is -4.67. The van der Waals surface area contributed by atoms with E-state index in [1.54, 1.807) is 0 Å². The maximum Gasteiger partial charge on any atom is 2.00 e. The van der Waals surface area contributed by atoms with E-state index in [4.69, 9.17) is 32.5 Å². The van der Waals surface area contributed by atoms with Gasteiger partial charge in [0.1, 0.15) is 0 Å². The zero-order valence-electron chi connectivity index (χ0n) is 6.63. The van der Waals surface area contributed by atoms with Gasteiger partial charge in [0.25, 0.3) is 0 Å². The van der Waals surface area contributed by atoms with Crippen LogP contribution in [0.3, 0.4) is 0 Å². The SMILES string of the molecule is O=C(O)O.O=S(=O)(O)O.[Ca+2].[H-].[H-].[SiH4]. The minimum Gasteiger partial charge on any atom is -1.00 e. The fourth-order valence-corrected chi connectivity index (χ4v) is 0. The van der Waals surface area contributed by atoms with Crippen molar-refractivity contribution in [1.29, 1.82) is 0 Å². The molecule has 0 bridgehead atoms. The average Bonchev–Trinajstić information content (AvgIpc) is 1.19. The van der Waals surface area contributed by atoms with E-state index in [9.17, 15) is 0 Å². The maximum atomic E-state index is 8.74. The van der Waals surface area contributed by atoms with Crippen LogP contribution < -0.4 is 0 Å². The Hall–Kier alpha value is 0.617. The van der Waals surface area contributed by atoms with E-state index in [1.165, 1.54) is 0 Å². The zero-order valence-corrected chi connectivity index (χ0v) is 7.65. The van der Waals surface area contributed by atoms with Crippen molar-refractivity contribution in [3.05, 3.63) is 0 Å². The van der Waals surface area contributed by atoms with E-state index in [0.717, 1.165) is 0 Å². The second-order valence-corrected chi connectivity index (χ2v) is 1.63. The van der Waals surface area contributed by atoms with E-state index >= 15 is 0 Å². The normalized spacial score (nSPS) is 7.45. The molecule has 0 aliphatic heterocycles. The largest absolute Gasteiger partial charge is 2.00 e. The van der Waals surface area contributed by atoms with Crippen LogP contribution in [0.25, 0.3) is 0 Å². The molecule has 0 rings (SSSR count). The number of hydrogen-bond donors (Lipinski definition) is 4. The first-order chi connectivity index (χ1) is 3.73. The number of carboxylic acid groups (broad SMARTS) is 2. The quantitative estimate of drug-likeness (QED) is 0.280. The summed E-state index contributed by atoms with van der Waals surface area (Å²) >= 11 is 0. The molecule has 0 saturated heterocycles. The molecule has 0 fully saturated rings. The molecule has 7 nitrogen and oxygen atoms in total. The molecule has 0 aromatic heterocycles. The van der Waals surface area contributed by atoms with Crippen molar-refractivity contribution in [2.24, 2.45) is 0 Å². The second kappa shape index (κ2) is 10.6. The molecule has 0 aliphatic carbocycles. The van der Waals surface area contributed by atoms with Crippen molar-refractivity contribution >= 4 is 65.3 Å². The van der Waals surface area contributed by atoms with Gasteiger partial charge in [-0.05, 0) is 11.0 Å². The first kappa shape index (κ1) is 22.6. The van der Waals surface area contributed by atoms with Crippen molar-refractivity contribution < 1.29 is 35.4 Å². The smallest absolute Gasteiger partial charge is 1.00 e. The third-order valence-electron chi connectivity index (χ3n) is 0. The van der Waals surface area contributed by atoms with Gasteiger partial charge in [0, 0.05) is 0 Å². The Morgan fingerprint density at radius 1 is 1.18 bits per heavy atom. The molecule has 0 radical (unpaired) electrons. The maximum absolute atomic E-state index is 8.74. The van der Waals surface area contributed by atoms with Gasteiger partial charge in [-0.2, -0.15) is 8.42 Å². The summed E-state index contributed by atoms with van der Waals surface area (Å²) in [4.78, 5) is 8.56. The van der Waals surface area contributed by atoms with Crippen LogP contribution in [0.4, 0.5) is 4.79 Å². The third-order valence-corrected chi connectivity index (χ3v) is 0. The fourth-order valence-electron chi connectivity index (χ4n) is 0. The van der Waals surface area contributed by atoms with E-state index in [0.29, 0.717) is 0 Å². The van der Waals surface area contributed by atoms with Gasteiger partial charge in [0.05, 0.1) is 0 Å². The topological polar surface area (TPSA) is 132 Å². The van der Waals surface area contributed by atoms with Gasteiger partial charge in [-0.25, -0.2) is 4.79 Å². The molecule has 0 unspecified atom stereocenters.